The SMILES string of the molecule is CC(=O)c1ccc(NC(=O)c2ccc(NC(C)C)nn2)cc1. The smallest absolute Gasteiger partial charge is 0.276 e. The molecule has 0 radical (unpaired) electrons. The van der Waals surface area contributed by atoms with Crippen LogP contribution in [-0.2, 0) is 0 Å². The first-order valence-corrected chi connectivity index (χ1v) is 6.98. The van der Waals surface area contributed by atoms with Gasteiger partial charge in [-0.15, -0.1) is 10.2 Å². The average molecular weight is 298 g/mol. The first-order valence-electron chi connectivity index (χ1n) is 6.98. The predicted molar refractivity (Wildman–Crippen MR) is 85.2 cm³/mol. The van der Waals surface area contributed by atoms with Gasteiger partial charge < -0.3 is 10.6 Å². The fourth-order valence-corrected chi connectivity index (χ4v) is 1.81. The molecule has 0 bridgehead atoms. The van der Waals surface area contributed by atoms with E-state index in [1.54, 1.807) is 36.4 Å². The highest BCUT2D eigenvalue weighted by molar-refractivity contribution is 6.03. The van der Waals surface area contributed by atoms with Gasteiger partial charge in [0.15, 0.2) is 11.5 Å². The van der Waals surface area contributed by atoms with Gasteiger partial charge in [-0.25, -0.2) is 0 Å². The Balaban J connectivity index is 2.03. The highest BCUT2D eigenvalue weighted by atomic mass is 16.2. The lowest BCUT2D eigenvalue weighted by Gasteiger charge is -2.08. The third-order valence-electron chi connectivity index (χ3n) is 2.88. The molecule has 0 aliphatic carbocycles. The molecule has 0 saturated carbocycles. The quantitative estimate of drug-likeness (QED) is 0.829. The second-order valence-electron chi connectivity index (χ2n) is 5.19. The van der Waals surface area contributed by atoms with Crippen LogP contribution in [0.4, 0.5) is 11.5 Å². The molecule has 0 spiro atoms. The minimum atomic E-state index is -0.348. The van der Waals surface area contributed by atoms with Crippen LogP contribution in [0.3, 0.4) is 0 Å². The maximum Gasteiger partial charge on any atom is 0.276 e. The number of anilines is 2. The molecule has 0 unspecified atom stereocenters. The summed E-state index contributed by atoms with van der Waals surface area (Å²) in [6.45, 7) is 5.48. The summed E-state index contributed by atoms with van der Waals surface area (Å²) in [6.07, 6.45) is 0. The molecular weight excluding hydrogens is 280 g/mol. The Bertz CT molecular complexity index is 664. The number of aromatic nitrogens is 2. The number of carbonyl (C=O) groups excluding carboxylic acids is 2. The molecule has 1 amide bonds. The van der Waals surface area contributed by atoms with E-state index in [-0.39, 0.29) is 23.4 Å². The van der Waals surface area contributed by atoms with E-state index >= 15 is 0 Å². The summed E-state index contributed by atoms with van der Waals surface area (Å²) in [4.78, 5) is 23.3. The molecule has 0 saturated heterocycles. The van der Waals surface area contributed by atoms with Crippen LogP contribution >= 0.6 is 0 Å². The van der Waals surface area contributed by atoms with E-state index in [0.717, 1.165) is 0 Å². The number of rotatable bonds is 5. The number of nitrogens with zero attached hydrogens (tertiary/aromatic N) is 2. The third-order valence-corrected chi connectivity index (χ3v) is 2.88. The van der Waals surface area contributed by atoms with Crippen molar-refractivity contribution in [1.29, 1.82) is 0 Å². The van der Waals surface area contributed by atoms with Gasteiger partial charge in [0.1, 0.15) is 5.82 Å². The van der Waals surface area contributed by atoms with E-state index in [4.69, 9.17) is 0 Å². The Morgan fingerprint density at radius 2 is 1.68 bits per heavy atom. The molecule has 2 rings (SSSR count). The molecule has 6 nitrogen and oxygen atoms in total. The number of amides is 1. The van der Waals surface area contributed by atoms with Crippen LogP contribution in [0.25, 0.3) is 0 Å². The maximum absolute atomic E-state index is 12.1. The summed E-state index contributed by atoms with van der Waals surface area (Å²) in [7, 11) is 0. The summed E-state index contributed by atoms with van der Waals surface area (Å²) < 4.78 is 0. The Labute approximate surface area is 129 Å². The van der Waals surface area contributed by atoms with Crippen molar-refractivity contribution in [3.05, 3.63) is 47.7 Å². The first kappa shape index (κ1) is 15.6. The zero-order chi connectivity index (χ0) is 16.1. The number of nitrogens with one attached hydrogen (secondary N) is 2. The molecule has 0 aliphatic heterocycles. The maximum atomic E-state index is 12.1. The Morgan fingerprint density at radius 3 is 2.18 bits per heavy atom. The second kappa shape index (κ2) is 6.80. The van der Waals surface area contributed by atoms with E-state index in [9.17, 15) is 9.59 Å². The highest BCUT2D eigenvalue weighted by Crippen LogP contribution is 2.12. The summed E-state index contributed by atoms with van der Waals surface area (Å²) >= 11 is 0. The van der Waals surface area contributed by atoms with Crippen LogP contribution in [0.1, 0.15) is 41.6 Å². The molecule has 1 aromatic heterocycles. The van der Waals surface area contributed by atoms with Gasteiger partial charge in [0.25, 0.3) is 5.91 Å². The fraction of sp³-hybridized carbons (Fsp3) is 0.250. The van der Waals surface area contributed by atoms with E-state index in [2.05, 4.69) is 20.8 Å². The molecule has 22 heavy (non-hydrogen) atoms. The van der Waals surface area contributed by atoms with Crippen molar-refractivity contribution in [1.82, 2.24) is 10.2 Å². The van der Waals surface area contributed by atoms with Crippen LogP contribution in [0.2, 0.25) is 0 Å². The lowest BCUT2D eigenvalue weighted by molar-refractivity contribution is 0.101. The monoisotopic (exact) mass is 298 g/mol. The zero-order valence-electron chi connectivity index (χ0n) is 12.8. The van der Waals surface area contributed by atoms with Crippen molar-refractivity contribution in [2.24, 2.45) is 0 Å². The van der Waals surface area contributed by atoms with Crippen LogP contribution < -0.4 is 10.6 Å². The molecule has 0 atom stereocenters. The van der Waals surface area contributed by atoms with Crippen LogP contribution in [-0.4, -0.2) is 27.9 Å². The second-order valence-corrected chi connectivity index (χ2v) is 5.19. The molecule has 2 aromatic rings. The minimum absolute atomic E-state index is 0.0167. The average Bonchev–Trinajstić information content (AvgIpc) is 2.48. The Morgan fingerprint density at radius 1 is 1.00 bits per heavy atom. The summed E-state index contributed by atoms with van der Waals surface area (Å²) in [5.41, 5.74) is 1.42. The van der Waals surface area contributed by atoms with E-state index < -0.39 is 0 Å². The lowest BCUT2D eigenvalue weighted by atomic mass is 10.1. The summed E-state index contributed by atoms with van der Waals surface area (Å²) in [5, 5.41) is 13.7. The van der Waals surface area contributed by atoms with Gasteiger partial charge in [0.05, 0.1) is 0 Å². The number of carbonyl (C=O) groups is 2. The number of hydrogen-bond acceptors (Lipinski definition) is 5. The third kappa shape index (κ3) is 4.12. The van der Waals surface area contributed by atoms with Crippen molar-refractivity contribution >= 4 is 23.2 Å². The van der Waals surface area contributed by atoms with Gasteiger partial charge in [0.2, 0.25) is 0 Å². The number of Topliss-reactive ketones (excluding diaryl/α,β-unsaturated/α-hetero) is 1. The van der Waals surface area contributed by atoms with Gasteiger partial charge in [-0.3, -0.25) is 9.59 Å². The van der Waals surface area contributed by atoms with E-state index in [1.165, 1.54) is 6.92 Å². The van der Waals surface area contributed by atoms with Gasteiger partial charge in [0, 0.05) is 17.3 Å². The van der Waals surface area contributed by atoms with Crippen molar-refractivity contribution < 1.29 is 9.59 Å². The Kier molecular flexibility index (Phi) is 4.83. The van der Waals surface area contributed by atoms with Gasteiger partial charge in [-0.05, 0) is 57.2 Å². The molecule has 1 aromatic carbocycles. The number of benzene rings is 1. The summed E-state index contributed by atoms with van der Waals surface area (Å²) in [5.74, 6) is 0.258. The minimum Gasteiger partial charge on any atom is -0.366 e. The standard InChI is InChI=1S/C16H18N4O2/c1-10(2)17-15-9-8-14(19-20-15)16(22)18-13-6-4-12(5-7-13)11(3)21/h4-10H,1-3H3,(H,17,20)(H,18,22). The fourth-order valence-electron chi connectivity index (χ4n) is 1.81. The van der Waals surface area contributed by atoms with Crippen molar-refractivity contribution in [3.8, 4) is 0 Å². The number of ketones is 1. The Hall–Kier alpha value is -2.76. The van der Waals surface area contributed by atoms with Crippen molar-refractivity contribution in [3.63, 3.8) is 0 Å². The topological polar surface area (TPSA) is 84.0 Å². The van der Waals surface area contributed by atoms with Crippen LogP contribution in [0.5, 0.6) is 0 Å². The predicted octanol–water partition coefficient (Wildman–Crippen LogP) is 2.75. The van der Waals surface area contributed by atoms with Crippen molar-refractivity contribution in [2.45, 2.75) is 26.8 Å². The van der Waals surface area contributed by atoms with Gasteiger partial charge in [-0.2, -0.15) is 0 Å². The molecule has 0 fully saturated rings. The molecule has 114 valence electrons. The first-order chi connectivity index (χ1) is 10.5. The van der Waals surface area contributed by atoms with Crippen LogP contribution in [0, 0.1) is 0 Å². The lowest BCUT2D eigenvalue weighted by Crippen LogP contribution is -2.16. The normalized spacial score (nSPS) is 10.4. The largest absolute Gasteiger partial charge is 0.366 e. The summed E-state index contributed by atoms with van der Waals surface area (Å²) in [6, 6.07) is 10.2. The van der Waals surface area contributed by atoms with Crippen LogP contribution in [0.15, 0.2) is 36.4 Å². The van der Waals surface area contributed by atoms with E-state index in [0.29, 0.717) is 17.1 Å². The molecule has 6 heteroatoms. The number of hydrogen-bond donors (Lipinski definition) is 2. The zero-order valence-corrected chi connectivity index (χ0v) is 12.8. The van der Waals surface area contributed by atoms with Gasteiger partial charge >= 0.3 is 0 Å². The van der Waals surface area contributed by atoms with Crippen molar-refractivity contribution in [2.75, 3.05) is 10.6 Å². The van der Waals surface area contributed by atoms with E-state index in [1.807, 2.05) is 13.8 Å². The molecular formula is C16H18N4O2. The van der Waals surface area contributed by atoms with Gasteiger partial charge in [-0.1, -0.05) is 0 Å². The molecule has 0 aliphatic rings. The molecule has 2 N–H and O–H groups in total. The molecule has 1 heterocycles. The highest BCUT2D eigenvalue weighted by Gasteiger charge is 2.09.